The van der Waals surface area contributed by atoms with Crippen molar-refractivity contribution >= 4 is 17.3 Å². The Morgan fingerprint density at radius 2 is 1.77 bits per heavy atom. The molecule has 0 aromatic heterocycles. The van der Waals surface area contributed by atoms with E-state index < -0.39 is 4.92 Å². The van der Waals surface area contributed by atoms with Gasteiger partial charge in [-0.2, -0.15) is 0 Å². The molecule has 2 aliphatic heterocycles. The molecule has 0 aliphatic carbocycles. The number of piperidine rings is 2. The average molecular weight is 360 g/mol. The van der Waals surface area contributed by atoms with Crippen molar-refractivity contribution in [2.45, 2.75) is 64.5 Å². The van der Waals surface area contributed by atoms with Gasteiger partial charge in [-0.25, -0.2) is 5.01 Å². The number of rotatable bonds is 4. The fourth-order valence-electron chi connectivity index (χ4n) is 4.05. The van der Waals surface area contributed by atoms with E-state index in [1.807, 2.05) is 5.01 Å². The fraction of sp³-hybridized carbons (Fsp3) is 0.632. The third-order valence-corrected chi connectivity index (χ3v) is 5.56. The van der Waals surface area contributed by atoms with E-state index in [1.165, 1.54) is 18.6 Å². The van der Waals surface area contributed by atoms with Crippen LogP contribution < -0.4 is 10.3 Å². The number of nitrogens with zero attached hydrogens (tertiary/aromatic N) is 3. The maximum absolute atomic E-state index is 13.0. The molecule has 1 aromatic carbocycles. The number of non-ortho nitro benzene ring substituents is 1. The summed E-state index contributed by atoms with van der Waals surface area (Å²) in [6.07, 6.45) is 6.59. The lowest BCUT2D eigenvalue weighted by atomic mass is 9.99. The zero-order valence-electron chi connectivity index (χ0n) is 15.6. The number of anilines is 1. The number of nitro groups is 1. The molecule has 26 heavy (non-hydrogen) atoms. The Bertz CT molecular complexity index is 663. The summed E-state index contributed by atoms with van der Waals surface area (Å²) in [5, 5.41) is 13.2. The maximum Gasteiger partial charge on any atom is 0.270 e. The van der Waals surface area contributed by atoms with Gasteiger partial charge in [-0.15, -0.1) is 0 Å². The van der Waals surface area contributed by atoms with Crippen LogP contribution in [0.15, 0.2) is 18.2 Å². The molecule has 2 atom stereocenters. The van der Waals surface area contributed by atoms with Gasteiger partial charge in [0, 0.05) is 37.3 Å². The molecule has 2 saturated heterocycles. The summed E-state index contributed by atoms with van der Waals surface area (Å²) in [7, 11) is 0. The van der Waals surface area contributed by atoms with Crippen LogP contribution in [-0.2, 0) is 0 Å². The molecule has 3 rings (SSSR count). The monoisotopic (exact) mass is 360 g/mol. The first kappa shape index (κ1) is 18.6. The molecule has 0 unspecified atom stereocenters. The summed E-state index contributed by atoms with van der Waals surface area (Å²) in [5.74, 6) is -0.255. The topological polar surface area (TPSA) is 78.7 Å². The lowest BCUT2D eigenvalue weighted by Gasteiger charge is -2.39. The van der Waals surface area contributed by atoms with Crippen molar-refractivity contribution in [3.05, 3.63) is 33.9 Å². The predicted molar refractivity (Wildman–Crippen MR) is 101 cm³/mol. The Labute approximate surface area is 154 Å². The molecular formula is C19H28N4O3. The average Bonchev–Trinajstić information content (AvgIpc) is 2.65. The van der Waals surface area contributed by atoms with Crippen molar-refractivity contribution in [3.8, 4) is 0 Å². The number of carbonyl (C=O) groups is 1. The van der Waals surface area contributed by atoms with Crippen molar-refractivity contribution in [1.29, 1.82) is 0 Å². The van der Waals surface area contributed by atoms with Gasteiger partial charge in [-0.3, -0.25) is 20.3 Å². The second kappa shape index (κ2) is 8.03. The largest absolute Gasteiger partial charge is 0.371 e. The molecule has 1 N–H and O–H groups in total. The first-order valence-electron chi connectivity index (χ1n) is 9.60. The Morgan fingerprint density at radius 1 is 1.12 bits per heavy atom. The second-order valence-corrected chi connectivity index (χ2v) is 7.48. The fourth-order valence-corrected chi connectivity index (χ4v) is 4.05. The molecule has 0 spiro atoms. The number of benzene rings is 1. The molecule has 2 fully saturated rings. The molecule has 142 valence electrons. The van der Waals surface area contributed by atoms with Crippen LogP contribution in [-0.4, -0.2) is 41.0 Å². The van der Waals surface area contributed by atoms with Crippen LogP contribution in [0.2, 0.25) is 0 Å². The zero-order chi connectivity index (χ0) is 18.7. The highest BCUT2D eigenvalue weighted by Gasteiger charge is 2.28. The van der Waals surface area contributed by atoms with Crippen LogP contribution in [0.1, 0.15) is 62.7 Å². The van der Waals surface area contributed by atoms with E-state index in [0.29, 0.717) is 5.56 Å². The van der Waals surface area contributed by atoms with Crippen molar-refractivity contribution in [3.63, 3.8) is 0 Å². The summed E-state index contributed by atoms with van der Waals surface area (Å²) in [6, 6.07) is 5.16. The van der Waals surface area contributed by atoms with Gasteiger partial charge < -0.3 is 4.90 Å². The number of hydrogen-bond acceptors (Lipinski definition) is 5. The number of hydrazine groups is 1. The van der Waals surface area contributed by atoms with Gasteiger partial charge in [-0.1, -0.05) is 6.42 Å². The molecule has 7 heteroatoms. The van der Waals surface area contributed by atoms with Crippen molar-refractivity contribution in [2.24, 2.45) is 0 Å². The minimum Gasteiger partial charge on any atom is -0.371 e. The van der Waals surface area contributed by atoms with Gasteiger partial charge in [0.1, 0.15) is 0 Å². The summed E-state index contributed by atoms with van der Waals surface area (Å²) in [4.78, 5) is 26.0. The Morgan fingerprint density at radius 3 is 2.38 bits per heavy atom. The van der Waals surface area contributed by atoms with E-state index >= 15 is 0 Å². The van der Waals surface area contributed by atoms with Crippen LogP contribution >= 0.6 is 0 Å². The molecular weight excluding hydrogens is 332 g/mol. The van der Waals surface area contributed by atoms with Crippen LogP contribution in [0.25, 0.3) is 0 Å². The second-order valence-electron chi connectivity index (χ2n) is 7.48. The van der Waals surface area contributed by atoms with Gasteiger partial charge >= 0.3 is 0 Å². The van der Waals surface area contributed by atoms with Gasteiger partial charge in [0.25, 0.3) is 11.6 Å². The highest BCUT2D eigenvalue weighted by atomic mass is 16.6. The molecule has 7 nitrogen and oxygen atoms in total. The zero-order valence-corrected chi connectivity index (χ0v) is 15.6. The third kappa shape index (κ3) is 3.98. The normalized spacial score (nSPS) is 24.3. The van der Waals surface area contributed by atoms with Crippen LogP contribution in [0, 0.1) is 10.1 Å². The van der Waals surface area contributed by atoms with Crippen molar-refractivity contribution in [1.82, 2.24) is 10.4 Å². The number of hydrogen-bond donors (Lipinski definition) is 1. The van der Waals surface area contributed by atoms with Crippen molar-refractivity contribution in [2.75, 3.05) is 18.0 Å². The Kier molecular flexibility index (Phi) is 5.76. The number of amides is 1. The van der Waals surface area contributed by atoms with E-state index in [4.69, 9.17) is 0 Å². The highest BCUT2D eigenvalue weighted by molar-refractivity contribution is 6.00. The lowest BCUT2D eigenvalue weighted by Crippen LogP contribution is -2.54. The van der Waals surface area contributed by atoms with E-state index in [-0.39, 0.29) is 23.7 Å². The molecule has 0 saturated carbocycles. The Balaban J connectivity index is 1.88. The van der Waals surface area contributed by atoms with Crippen LogP contribution in [0.3, 0.4) is 0 Å². The standard InChI is InChI=1S/C19H28N4O3/c1-14-7-6-8-15(2)22(14)20-19(24)17-13-16(23(25)26)9-10-18(17)21-11-4-3-5-12-21/h9-10,13-15H,3-8,11-12H2,1-2H3,(H,20,24)/t14-,15-/m0/s1. The first-order valence-corrected chi connectivity index (χ1v) is 9.60. The summed E-state index contributed by atoms with van der Waals surface area (Å²) < 4.78 is 0. The highest BCUT2D eigenvalue weighted by Crippen LogP contribution is 2.29. The van der Waals surface area contributed by atoms with E-state index in [2.05, 4.69) is 24.2 Å². The molecule has 2 heterocycles. The van der Waals surface area contributed by atoms with Gasteiger partial charge in [0.15, 0.2) is 0 Å². The van der Waals surface area contributed by atoms with Crippen molar-refractivity contribution < 1.29 is 9.72 Å². The van der Waals surface area contributed by atoms with Gasteiger partial charge in [0.2, 0.25) is 0 Å². The summed E-state index contributed by atoms with van der Waals surface area (Å²) >= 11 is 0. The minimum atomic E-state index is -0.442. The van der Waals surface area contributed by atoms with Gasteiger partial charge in [0.05, 0.1) is 16.2 Å². The smallest absolute Gasteiger partial charge is 0.270 e. The number of nitrogens with one attached hydrogen (secondary N) is 1. The predicted octanol–water partition coefficient (Wildman–Crippen LogP) is 3.49. The number of nitro benzene ring substituents is 1. The molecule has 1 aromatic rings. The van der Waals surface area contributed by atoms with Gasteiger partial charge in [-0.05, 0) is 52.0 Å². The Hall–Kier alpha value is -2.15. The maximum atomic E-state index is 13.0. The van der Waals surface area contributed by atoms with Crippen LogP contribution in [0.4, 0.5) is 11.4 Å². The molecule has 1 amide bonds. The summed E-state index contributed by atoms with van der Waals surface area (Å²) in [5.41, 5.74) is 4.17. The lowest BCUT2D eigenvalue weighted by molar-refractivity contribution is -0.384. The molecule has 0 bridgehead atoms. The SMILES string of the molecule is C[C@H]1CCC[C@H](C)N1NC(=O)c1cc([N+](=O)[O-])ccc1N1CCCCC1. The van der Waals surface area contributed by atoms with E-state index in [1.54, 1.807) is 6.07 Å². The quantitative estimate of drug-likeness (QED) is 0.657. The minimum absolute atomic E-state index is 0.0457. The summed E-state index contributed by atoms with van der Waals surface area (Å²) in [6.45, 7) is 5.98. The van der Waals surface area contributed by atoms with Crippen LogP contribution in [0.5, 0.6) is 0 Å². The third-order valence-electron chi connectivity index (χ3n) is 5.56. The number of carbonyl (C=O) groups excluding carboxylic acids is 1. The van der Waals surface area contributed by atoms with E-state index in [9.17, 15) is 14.9 Å². The molecule has 2 aliphatic rings. The van der Waals surface area contributed by atoms with E-state index in [0.717, 1.165) is 50.9 Å². The molecule has 0 radical (unpaired) electrons. The first-order chi connectivity index (χ1) is 12.5.